The Balaban J connectivity index is 2.10. The van der Waals surface area contributed by atoms with Crippen LogP contribution in [0.5, 0.6) is 0 Å². The Labute approximate surface area is 130 Å². The van der Waals surface area contributed by atoms with Crippen molar-refractivity contribution in [2.45, 2.75) is 19.4 Å². The van der Waals surface area contributed by atoms with E-state index in [-0.39, 0.29) is 0 Å². The van der Waals surface area contributed by atoms with Gasteiger partial charge in [0, 0.05) is 11.1 Å². The molecule has 0 aliphatic heterocycles. The van der Waals surface area contributed by atoms with E-state index in [0.717, 1.165) is 27.8 Å². The zero-order valence-electron chi connectivity index (χ0n) is 12.8. The molecule has 0 radical (unpaired) electrons. The second-order valence-corrected chi connectivity index (χ2v) is 6.17. The number of hydrogen-bond donors (Lipinski definition) is 1. The molecule has 3 aromatic carbocycles. The fraction of sp³-hybridized carbons (Fsp3) is 0.143. The van der Waals surface area contributed by atoms with E-state index in [1.54, 1.807) is 0 Å². The maximum atomic E-state index is 11.6. The molecular weight excluding hydrogens is 268 g/mol. The van der Waals surface area contributed by atoms with Crippen molar-refractivity contribution in [3.05, 3.63) is 94.5 Å². The van der Waals surface area contributed by atoms with E-state index in [1.807, 2.05) is 30.3 Å². The van der Waals surface area contributed by atoms with Crippen LogP contribution in [0.3, 0.4) is 0 Å². The third-order valence-electron chi connectivity index (χ3n) is 4.61. The molecule has 0 unspecified atom stereocenters. The molecule has 108 valence electrons. The van der Waals surface area contributed by atoms with Crippen molar-refractivity contribution in [3.8, 4) is 11.1 Å². The predicted octanol–water partition coefficient (Wildman–Crippen LogP) is 4.57. The lowest BCUT2D eigenvalue weighted by Crippen LogP contribution is -2.26. The van der Waals surface area contributed by atoms with Gasteiger partial charge in [-0.05, 0) is 30.5 Å². The summed E-state index contributed by atoms with van der Waals surface area (Å²) in [5.74, 6) is 0. The first-order valence-corrected chi connectivity index (χ1v) is 7.61. The van der Waals surface area contributed by atoms with Crippen LogP contribution >= 0.6 is 0 Å². The summed E-state index contributed by atoms with van der Waals surface area (Å²) in [7, 11) is 0. The lowest BCUT2D eigenvalue weighted by molar-refractivity contribution is 0.130. The molecule has 0 saturated carbocycles. The number of benzene rings is 3. The first-order valence-electron chi connectivity index (χ1n) is 7.61. The molecule has 0 atom stereocenters. The highest BCUT2D eigenvalue weighted by atomic mass is 16.3. The molecular formula is C21H18O. The first-order chi connectivity index (χ1) is 10.6. The van der Waals surface area contributed by atoms with Crippen LogP contribution < -0.4 is 0 Å². The van der Waals surface area contributed by atoms with Crippen LogP contribution in [0.2, 0.25) is 0 Å². The Bertz CT molecular complexity index is 811. The van der Waals surface area contributed by atoms with E-state index in [2.05, 4.69) is 50.2 Å². The predicted molar refractivity (Wildman–Crippen MR) is 89.9 cm³/mol. The topological polar surface area (TPSA) is 20.2 Å². The summed E-state index contributed by atoms with van der Waals surface area (Å²) in [6.07, 6.45) is 0. The fourth-order valence-electron chi connectivity index (χ4n) is 3.53. The van der Waals surface area contributed by atoms with Crippen molar-refractivity contribution < 1.29 is 5.11 Å². The summed E-state index contributed by atoms with van der Waals surface area (Å²) < 4.78 is 0. The van der Waals surface area contributed by atoms with Gasteiger partial charge in [-0.2, -0.15) is 0 Å². The summed E-state index contributed by atoms with van der Waals surface area (Å²) in [4.78, 5) is 0. The van der Waals surface area contributed by atoms with Gasteiger partial charge in [0.25, 0.3) is 0 Å². The third-order valence-corrected chi connectivity index (χ3v) is 4.61. The summed E-state index contributed by atoms with van der Waals surface area (Å²) in [5.41, 5.74) is 6.52. The Morgan fingerprint density at radius 2 is 1.18 bits per heavy atom. The minimum absolute atomic E-state index is 0.919. The van der Waals surface area contributed by atoms with Crippen LogP contribution in [-0.2, 0) is 5.60 Å². The summed E-state index contributed by atoms with van der Waals surface area (Å²) in [6, 6.07) is 22.6. The molecule has 1 aliphatic rings. The van der Waals surface area contributed by atoms with Crippen LogP contribution in [0.1, 0.15) is 27.8 Å². The van der Waals surface area contributed by atoms with Crippen LogP contribution in [0.15, 0.2) is 66.7 Å². The number of fused-ring (bicyclic) bond motifs is 3. The molecule has 0 fully saturated rings. The third kappa shape index (κ3) is 1.69. The van der Waals surface area contributed by atoms with Crippen molar-refractivity contribution in [1.82, 2.24) is 0 Å². The second kappa shape index (κ2) is 4.56. The molecule has 22 heavy (non-hydrogen) atoms. The molecule has 1 N–H and O–H groups in total. The van der Waals surface area contributed by atoms with Gasteiger partial charge in [-0.15, -0.1) is 0 Å². The average Bonchev–Trinajstić information content (AvgIpc) is 2.78. The molecule has 0 heterocycles. The van der Waals surface area contributed by atoms with Gasteiger partial charge in [-0.3, -0.25) is 0 Å². The monoisotopic (exact) mass is 286 g/mol. The van der Waals surface area contributed by atoms with Crippen molar-refractivity contribution >= 4 is 0 Å². The van der Waals surface area contributed by atoms with Crippen LogP contribution in [0, 0.1) is 13.8 Å². The van der Waals surface area contributed by atoms with E-state index in [0.29, 0.717) is 0 Å². The summed E-state index contributed by atoms with van der Waals surface area (Å²) >= 11 is 0. The highest BCUT2D eigenvalue weighted by molar-refractivity contribution is 5.83. The number of aliphatic hydroxyl groups is 1. The fourth-order valence-corrected chi connectivity index (χ4v) is 3.53. The van der Waals surface area contributed by atoms with Crippen LogP contribution in [-0.4, -0.2) is 5.11 Å². The number of aryl methyl sites for hydroxylation is 2. The molecule has 1 nitrogen and oxygen atoms in total. The minimum Gasteiger partial charge on any atom is -0.376 e. The Morgan fingerprint density at radius 1 is 0.682 bits per heavy atom. The van der Waals surface area contributed by atoms with Crippen molar-refractivity contribution in [2.75, 3.05) is 0 Å². The van der Waals surface area contributed by atoms with Crippen molar-refractivity contribution in [2.24, 2.45) is 0 Å². The number of hydrogen-bond acceptors (Lipinski definition) is 1. The normalized spacial score (nSPS) is 14.5. The van der Waals surface area contributed by atoms with Gasteiger partial charge in [0.05, 0.1) is 0 Å². The zero-order chi connectivity index (χ0) is 15.3. The van der Waals surface area contributed by atoms with Crippen LogP contribution in [0.4, 0.5) is 0 Å². The molecule has 4 rings (SSSR count). The quantitative estimate of drug-likeness (QED) is 0.695. The largest absolute Gasteiger partial charge is 0.376 e. The molecule has 0 bridgehead atoms. The van der Waals surface area contributed by atoms with Crippen LogP contribution in [0.25, 0.3) is 11.1 Å². The van der Waals surface area contributed by atoms with E-state index in [9.17, 15) is 5.11 Å². The molecule has 0 amide bonds. The van der Waals surface area contributed by atoms with Gasteiger partial charge in [0.2, 0.25) is 0 Å². The maximum absolute atomic E-state index is 11.6. The Kier molecular flexibility index (Phi) is 2.75. The molecule has 3 aromatic rings. The van der Waals surface area contributed by atoms with Crippen molar-refractivity contribution in [1.29, 1.82) is 0 Å². The summed E-state index contributed by atoms with van der Waals surface area (Å²) in [5, 5.41) is 11.6. The second-order valence-electron chi connectivity index (χ2n) is 6.17. The molecule has 0 aromatic heterocycles. The van der Waals surface area contributed by atoms with E-state index in [4.69, 9.17) is 0 Å². The van der Waals surface area contributed by atoms with E-state index >= 15 is 0 Å². The molecule has 0 saturated heterocycles. The zero-order valence-corrected chi connectivity index (χ0v) is 12.8. The van der Waals surface area contributed by atoms with Gasteiger partial charge < -0.3 is 5.11 Å². The maximum Gasteiger partial charge on any atom is 0.141 e. The van der Waals surface area contributed by atoms with Gasteiger partial charge in [0.1, 0.15) is 5.60 Å². The van der Waals surface area contributed by atoms with Gasteiger partial charge in [0.15, 0.2) is 0 Å². The average molecular weight is 286 g/mol. The van der Waals surface area contributed by atoms with Gasteiger partial charge in [-0.25, -0.2) is 0 Å². The highest BCUT2D eigenvalue weighted by Crippen LogP contribution is 2.51. The summed E-state index contributed by atoms with van der Waals surface area (Å²) in [6.45, 7) is 4.19. The van der Waals surface area contributed by atoms with Gasteiger partial charge >= 0.3 is 0 Å². The van der Waals surface area contributed by atoms with E-state index in [1.165, 1.54) is 11.1 Å². The van der Waals surface area contributed by atoms with Crippen molar-refractivity contribution in [3.63, 3.8) is 0 Å². The van der Waals surface area contributed by atoms with Gasteiger partial charge in [-0.1, -0.05) is 77.9 Å². The molecule has 0 spiro atoms. The highest BCUT2D eigenvalue weighted by Gasteiger charge is 2.42. The lowest BCUT2D eigenvalue weighted by atomic mass is 9.84. The van der Waals surface area contributed by atoms with E-state index < -0.39 is 5.60 Å². The molecule has 1 aliphatic carbocycles. The SMILES string of the molecule is Cc1ccc2c(c1)-c1cc(C)ccc1C2(O)c1ccccc1. The lowest BCUT2D eigenvalue weighted by Gasteiger charge is -2.26. The first kappa shape index (κ1) is 13.3. The minimum atomic E-state index is -1.06. The molecule has 1 heteroatoms. The standard InChI is InChI=1S/C21H18O/c1-14-8-10-19-17(12-14)18-13-15(2)9-11-20(18)21(19,22)16-6-4-3-5-7-16/h3-13,22H,1-2H3. The number of rotatable bonds is 1. The Morgan fingerprint density at radius 3 is 1.68 bits per heavy atom. The smallest absolute Gasteiger partial charge is 0.141 e. The Hall–Kier alpha value is -2.38.